The van der Waals surface area contributed by atoms with Crippen LogP contribution in [-0.4, -0.2) is 34.8 Å². The Labute approximate surface area is 148 Å². The molecule has 0 bridgehead atoms. The zero-order chi connectivity index (χ0) is 18.0. The number of carbonyl (C=O) groups excluding carboxylic acids is 3. The molecule has 1 spiro atoms. The molecule has 4 amide bonds. The van der Waals surface area contributed by atoms with E-state index in [1.807, 2.05) is 38.1 Å². The molecule has 1 saturated carbocycles. The Morgan fingerprint density at radius 1 is 1.28 bits per heavy atom. The van der Waals surface area contributed by atoms with Gasteiger partial charge < -0.3 is 10.6 Å². The summed E-state index contributed by atoms with van der Waals surface area (Å²) in [7, 11) is 0. The standard InChI is InChI=1S/C19H25N3O3/c1-13-7-3-4-8-15(13)14(2)20-16(23)9-12-22-17(24)19(21-18(22)25)10-5-6-11-19/h3-4,7-8,14H,5-6,9-12H2,1-2H3,(H,20,23)(H,21,25)/t14-/m1/s1. The third-order valence-corrected chi connectivity index (χ3v) is 5.30. The Morgan fingerprint density at radius 3 is 2.64 bits per heavy atom. The van der Waals surface area contributed by atoms with E-state index in [9.17, 15) is 14.4 Å². The SMILES string of the molecule is Cc1ccccc1[C@@H](C)NC(=O)CCN1C(=O)NC2(CCCC2)C1=O. The van der Waals surface area contributed by atoms with Crippen LogP contribution in [0.25, 0.3) is 0 Å². The van der Waals surface area contributed by atoms with E-state index >= 15 is 0 Å². The van der Waals surface area contributed by atoms with Crippen molar-refractivity contribution in [3.63, 3.8) is 0 Å². The van der Waals surface area contributed by atoms with Gasteiger partial charge in [0.05, 0.1) is 6.04 Å². The molecule has 2 N–H and O–H groups in total. The molecule has 0 radical (unpaired) electrons. The lowest BCUT2D eigenvalue weighted by Crippen LogP contribution is -2.44. The van der Waals surface area contributed by atoms with Gasteiger partial charge in [0.15, 0.2) is 0 Å². The van der Waals surface area contributed by atoms with Gasteiger partial charge in [-0.25, -0.2) is 4.79 Å². The quantitative estimate of drug-likeness (QED) is 0.806. The van der Waals surface area contributed by atoms with Crippen molar-refractivity contribution in [2.75, 3.05) is 6.54 Å². The third kappa shape index (κ3) is 3.38. The zero-order valence-corrected chi connectivity index (χ0v) is 14.8. The van der Waals surface area contributed by atoms with Gasteiger partial charge in [-0.3, -0.25) is 14.5 Å². The normalized spacial score (nSPS) is 20.0. The van der Waals surface area contributed by atoms with Gasteiger partial charge in [0, 0.05) is 13.0 Å². The second-order valence-electron chi connectivity index (χ2n) is 7.07. The topological polar surface area (TPSA) is 78.5 Å². The molecule has 2 fully saturated rings. The van der Waals surface area contributed by atoms with Crippen LogP contribution in [0.3, 0.4) is 0 Å². The molecule has 134 valence electrons. The van der Waals surface area contributed by atoms with Gasteiger partial charge in [0.1, 0.15) is 5.54 Å². The molecule has 1 aromatic rings. The van der Waals surface area contributed by atoms with Crippen LogP contribution < -0.4 is 10.6 Å². The molecule has 2 aliphatic rings. The minimum Gasteiger partial charge on any atom is -0.350 e. The fraction of sp³-hybridized carbons (Fsp3) is 0.526. The van der Waals surface area contributed by atoms with E-state index in [-0.39, 0.29) is 36.9 Å². The molecule has 1 aromatic carbocycles. The maximum absolute atomic E-state index is 12.6. The highest BCUT2D eigenvalue weighted by Gasteiger charge is 2.52. The first-order chi connectivity index (χ1) is 11.9. The lowest BCUT2D eigenvalue weighted by Gasteiger charge is -2.20. The molecule has 6 nitrogen and oxygen atoms in total. The van der Waals surface area contributed by atoms with Gasteiger partial charge in [-0.1, -0.05) is 37.1 Å². The van der Waals surface area contributed by atoms with Crippen LogP contribution >= 0.6 is 0 Å². The summed E-state index contributed by atoms with van der Waals surface area (Å²) in [5.41, 5.74) is 1.48. The van der Waals surface area contributed by atoms with Gasteiger partial charge in [-0.15, -0.1) is 0 Å². The lowest BCUT2D eigenvalue weighted by atomic mass is 9.98. The molecule has 1 heterocycles. The van der Waals surface area contributed by atoms with Gasteiger partial charge in [-0.05, 0) is 37.8 Å². The van der Waals surface area contributed by atoms with Gasteiger partial charge >= 0.3 is 6.03 Å². The summed E-state index contributed by atoms with van der Waals surface area (Å²) >= 11 is 0. The number of benzene rings is 1. The van der Waals surface area contributed by atoms with Gasteiger partial charge in [0.2, 0.25) is 5.91 Å². The van der Waals surface area contributed by atoms with Crippen molar-refractivity contribution in [1.82, 2.24) is 15.5 Å². The Kier molecular flexibility index (Phi) is 4.79. The Bertz CT molecular complexity index is 695. The van der Waals surface area contributed by atoms with E-state index < -0.39 is 5.54 Å². The second kappa shape index (κ2) is 6.86. The van der Waals surface area contributed by atoms with Crippen molar-refractivity contribution in [2.24, 2.45) is 0 Å². The van der Waals surface area contributed by atoms with Crippen LogP contribution in [0.1, 0.15) is 56.2 Å². The molecule has 6 heteroatoms. The maximum Gasteiger partial charge on any atom is 0.325 e. The van der Waals surface area contributed by atoms with Crippen molar-refractivity contribution in [3.05, 3.63) is 35.4 Å². The number of urea groups is 1. The zero-order valence-electron chi connectivity index (χ0n) is 14.8. The molecule has 1 atom stereocenters. The molecular formula is C19H25N3O3. The molecular weight excluding hydrogens is 318 g/mol. The molecule has 1 aliphatic heterocycles. The Morgan fingerprint density at radius 2 is 1.96 bits per heavy atom. The smallest absolute Gasteiger partial charge is 0.325 e. The molecule has 1 aliphatic carbocycles. The Hall–Kier alpha value is -2.37. The number of rotatable bonds is 5. The number of hydrogen-bond acceptors (Lipinski definition) is 3. The minimum absolute atomic E-state index is 0.113. The molecule has 25 heavy (non-hydrogen) atoms. The van der Waals surface area contributed by atoms with E-state index in [0.29, 0.717) is 12.8 Å². The van der Waals surface area contributed by atoms with Gasteiger partial charge in [0.25, 0.3) is 5.91 Å². The number of carbonyl (C=O) groups is 3. The number of aryl methyl sites for hydroxylation is 1. The highest BCUT2D eigenvalue weighted by Crippen LogP contribution is 2.35. The van der Waals surface area contributed by atoms with Gasteiger partial charge in [-0.2, -0.15) is 0 Å². The van der Waals surface area contributed by atoms with Crippen molar-refractivity contribution in [1.29, 1.82) is 0 Å². The van der Waals surface area contributed by atoms with E-state index in [1.165, 1.54) is 4.90 Å². The van der Waals surface area contributed by atoms with E-state index in [2.05, 4.69) is 10.6 Å². The van der Waals surface area contributed by atoms with Crippen molar-refractivity contribution in [3.8, 4) is 0 Å². The monoisotopic (exact) mass is 343 g/mol. The number of nitrogens with one attached hydrogen (secondary N) is 2. The fourth-order valence-corrected chi connectivity index (χ4v) is 3.87. The van der Waals surface area contributed by atoms with Crippen LogP contribution in [0.15, 0.2) is 24.3 Å². The number of nitrogens with zero attached hydrogens (tertiary/aromatic N) is 1. The lowest BCUT2D eigenvalue weighted by molar-refractivity contribution is -0.131. The summed E-state index contributed by atoms with van der Waals surface area (Å²) in [6.45, 7) is 4.06. The molecule has 1 saturated heterocycles. The molecule has 0 unspecified atom stereocenters. The van der Waals surface area contributed by atoms with Crippen LogP contribution in [-0.2, 0) is 9.59 Å². The second-order valence-corrected chi connectivity index (χ2v) is 7.07. The summed E-state index contributed by atoms with van der Waals surface area (Å²) in [6, 6.07) is 7.42. The van der Waals surface area contributed by atoms with E-state index in [1.54, 1.807) is 0 Å². The highest BCUT2D eigenvalue weighted by molar-refractivity contribution is 6.07. The first kappa shape index (κ1) is 17.5. The fourth-order valence-electron chi connectivity index (χ4n) is 3.87. The van der Waals surface area contributed by atoms with Crippen molar-refractivity contribution in [2.45, 2.75) is 57.5 Å². The molecule has 3 rings (SSSR count). The number of hydrogen-bond donors (Lipinski definition) is 2. The maximum atomic E-state index is 12.6. The summed E-state index contributed by atoms with van der Waals surface area (Å²) in [5, 5.41) is 5.78. The summed E-state index contributed by atoms with van der Waals surface area (Å²) < 4.78 is 0. The largest absolute Gasteiger partial charge is 0.350 e. The molecule has 0 aromatic heterocycles. The summed E-state index contributed by atoms with van der Waals surface area (Å²) in [6.07, 6.45) is 3.42. The number of amides is 4. The first-order valence-corrected chi connectivity index (χ1v) is 8.92. The first-order valence-electron chi connectivity index (χ1n) is 8.92. The highest BCUT2D eigenvalue weighted by atomic mass is 16.2. The summed E-state index contributed by atoms with van der Waals surface area (Å²) in [5.74, 6) is -0.335. The van der Waals surface area contributed by atoms with Crippen LogP contribution in [0.4, 0.5) is 4.79 Å². The van der Waals surface area contributed by atoms with E-state index in [4.69, 9.17) is 0 Å². The van der Waals surface area contributed by atoms with Crippen LogP contribution in [0, 0.1) is 6.92 Å². The van der Waals surface area contributed by atoms with Crippen LogP contribution in [0.2, 0.25) is 0 Å². The minimum atomic E-state index is -0.706. The summed E-state index contributed by atoms with van der Waals surface area (Å²) in [4.78, 5) is 38.1. The van der Waals surface area contributed by atoms with Crippen molar-refractivity contribution < 1.29 is 14.4 Å². The predicted molar refractivity (Wildman–Crippen MR) is 93.8 cm³/mol. The third-order valence-electron chi connectivity index (χ3n) is 5.30. The predicted octanol–water partition coefficient (Wildman–Crippen LogP) is 2.43. The van der Waals surface area contributed by atoms with Crippen LogP contribution in [0.5, 0.6) is 0 Å². The van der Waals surface area contributed by atoms with Crippen molar-refractivity contribution >= 4 is 17.8 Å². The average molecular weight is 343 g/mol. The number of imide groups is 1. The Balaban J connectivity index is 1.55. The average Bonchev–Trinajstić information content (AvgIpc) is 3.12. The van der Waals surface area contributed by atoms with E-state index in [0.717, 1.165) is 24.0 Å².